The van der Waals surface area contributed by atoms with Gasteiger partial charge in [0.2, 0.25) is 0 Å². The lowest BCUT2D eigenvalue weighted by molar-refractivity contribution is -0.132. The molecule has 158 valence electrons. The molecule has 2 aromatic heterocycles. The van der Waals surface area contributed by atoms with Crippen LogP contribution in [0.3, 0.4) is 0 Å². The molecule has 9 heteroatoms. The number of anilines is 1. The smallest absolute Gasteiger partial charge is 0.301 e. The Hall–Kier alpha value is -3.26. The number of amides is 1. The van der Waals surface area contributed by atoms with Gasteiger partial charge >= 0.3 is 5.91 Å². The molecule has 0 aliphatic carbocycles. The highest BCUT2D eigenvalue weighted by atomic mass is 35.5. The largest absolute Gasteiger partial charge is 0.507 e. The molecule has 0 saturated carbocycles. The van der Waals surface area contributed by atoms with Gasteiger partial charge in [0.1, 0.15) is 5.76 Å². The average Bonchev–Trinajstić information content (AvgIpc) is 3.32. The fraction of sp³-hybridized carbons (Fsp3) is 0.0435. The summed E-state index contributed by atoms with van der Waals surface area (Å²) in [6, 6.07) is 14.1. The second-order valence-corrected chi connectivity index (χ2v) is 8.95. The third kappa shape index (κ3) is 3.44. The van der Waals surface area contributed by atoms with E-state index in [0.29, 0.717) is 31.8 Å². The highest BCUT2D eigenvalue weighted by molar-refractivity contribution is 7.22. The summed E-state index contributed by atoms with van der Waals surface area (Å²) in [6.07, 6.45) is 3.13. The Bertz CT molecular complexity index is 1400. The Kier molecular flexibility index (Phi) is 5.17. The second-order valence-electron chi connectivity index (χ2n) is 7.07. The van der Waals surface area contributed by atoms with Crippen LogP contribution < -0.4 is 4.90 Å². The standard InChI is InChI=1S/C23H13Cl2N3O3S/c24-14-3-1-13(2-4-14)20(29)18-19(12-7-9-26-10-8-12)28(22(31)21(18)30)23-27-16-6-5-15(25)11-17(16)32-23/h1-11,19,29H/b20-18+. The first kappa shape index (κ1) is 20.6. The van der Waals surface area contributed by atoms with Crippen molar-refractivity contribution in [3.63, 3.8) is 0 Å². The van der Waals surface area contributed by atoms with Crippen LogP contribution in [-0.2, 0) is 9.59 Å². The van der Waals surface area contributed by atoms with E-state index in [-0.39, 0.29) is 11.3 Å². The van der Waals surface area contributed by atoms with Crippen molar-refractivity contribution in [2.24, 2.45) is 0 Å². The molecule has 2 aromatic carbocycles. The van der Waals surface area contributed by atoms with Gasteiger partial charge < -0.3 is 5.11 Å². The zero-order valence-corrected chi connectivity index (χ0v) is 18.5. The van der Waals surface area contributed by atoms with Crippen molar-refractivity contribution in [2.45, 2.75) is 6.04 Å². The zero-order valence-electron chi connectivity index (χ0n) is 16.2. The Labute approximate surface area is 196 Å². The van der Waals surface area contributed by atoms with Gasteiger partial charge in [-0.3, -0.25) is 19.5 Å². The van der Waals surface area contributed by atoms with Crippen molar-refractivity contribution in [2.75, 3.05) is 4.90 Å². The van der Waals surface area contributed by atoms with Crippen molar-refractivity contribution < 1.29 is 14.7 Å². The third-order valence-electron chi connectivity index (χ3n) is 5.13. The minimum Gasteiger partial charge on any atom is -0.507 e. The highest BCUT2D eigenvalue weighted by Gasteiger charge is 2.48. The van der Waals surface area contributed by atoms with Gasteiger partial charge in [-0.15, -0.1) is 0 Å². The molecular formula is C23H13Cl2N3O3S. The number of Topliss-reactive ketones (excluding diaryl/α,β-unsaturated/α-hetero) is 1. The van der Waals surface area contributed by atoms with Crippen LogP contribution in [0.4, 0.5) is 5.13 Å². The van der Waals surface area contributed by atoms with Crippen LogP contribution in [0.5, 0.6) is 0 Å². The third-order valence-corrected chi connectivity index (χ3v) is 6.63. The van der Waals surface area contributed by atoms with Gasteiger partial charge in [0.05, 0.1) is 21.8 Å². The number of hydrogen-bond donors (Lipinski definition) is 1. The maximum absolute atomic E-state index is 13.2. The lowest BCUT2D eigenvalue weighted by atomic mass is 9.96. The predicted octanol–water partition coefficient (Wildman–Crippen LogP) is 5.62. The summed E-state index contributed by atoms with van der Waals surface area (Å²) >= 11 is 13.3. The van der Waals surface area contributed by atoms with Crippen LogP contribution in [0.25, 0.3) is 16.0 Å². The Morgan fingerprint density at radius 1 is 0.969 bits per heavy atom. The Morgan fingerprint density at radius 3 is 2.38 bits per heavy atom. The van der Waals surface area contributed by atoms with E-state index >= 15 is 0 Å². The molecule has 32 heavy (non-hydrogen) atoms. The van der Waals surface area contributed by atoms with Gasteiger partial charge in [-0.25, -0.2) is 4.98 Å². The number of pyridine rings is 1. The molecule has 1 amide bonds. The number of benzene rings is 2. The summed E-state index contributed by atoms with van der Waals surface area (Å²) in [5, 5.41) is 12.4. The normalized spacial score (nSPS) is 17.9. The molecule has 1 unspecified atom stereocenters. The van der Waals surface area contributed by atoms with Crippen LogP contribution in [0.15, 0.2) is 72.6 Å². The number of aliphatic hydroxyl groups excluding tert-OH is 1. The van der Waals surface area contributed by atoms with Crippen molar-refractivity contribution in [1.29, 1.82) is 0 Å². The summed E-state index contributed by atoms with van der Waals surface area (Å²) in [6.45, 7) is 0. The first-order valence-electron chi connectivity index (χ1n) is 9.47. The maximum atomic E-state index is 13.2. The van der Waals surface area contributed by atoms with E-state index in [1.54, 1.807) is 67.0 Å². The average molecular weight is 482 g/mol. The van der Waals surface area contributed by atoms with E-state index in [1.165, 1.54) is 16.2 Å². The molecule has 0 radical (unpaired) electrons. The molecule has 0 bridgehead atoms. The van der Waals surface area contributed by atoms with Crippen molar-refractivity contribution >= 4 is 67.3 Å². The van der Waals surface area contributed by atoms with E-state index in [4.69, 9.17) is 23.2 Å². The molecule has 0 spiro atoms. The monoisotopic (exact) mass is 481 g/mol. The maximum Gasteiger partial charge on any atom is 0.301 e. The molecule has 1 atom stereocenters. The number of rotatable bonds is 3. The van der Waals surface area contributed by atoms with Crippen LogP contribution in [0.2, 0.25) is 10.0 Å². The van der Waals surface area contributed by atoms with Gasteiger partial charge in [0.25, 0.3) is 5.78 Å². The van der Waals surface area contributed by atoms with Crippen LogP contribution in [0, 0.1) is 0 Å². The molecule has 1 aliphatic heterocycles. The first-order chi connectivity index (χ1) is 15.4. The lowest BCUT2D eigenvalue weighted by Crippen LogP contribution is -2.29. The van der Waals surface area contributed by atoms with Gasteiger partial charge in [0.15, 0.2) is 5.13 Å². The molecule has 1 saturated heterocycles. The zero-order chi connectivity index (χ0) is 22.4. The molecule has 4 aromatic rings. The summed E-state index contributed by atoms with van der Waals surface area (Å²) in [4.78, 5) is 36.2. The second kappa shape index (κ2) is 8.02. The summed E-state index contributed by atoms with van der Waals surface area (Å²) < 4.78 is 0.778. The molecule has 6 nitrogen and oxygen atoms in total. The van der Waals surface area contributed by atoms with Gasteiger partial charge in [-0.2, -0.15) is 0 Å². The molecule has 1 aliphatic rings. The number of ketones is 1. The summed E-state index contributed by atoms with van der Waals surface area (Å²) in [5.41, 5.74) is 1.62. The first-order valence-corrected chi connectivity index (χ1v) is 11.0. The van der Waals surface area contributed by atoms with E-state index in [2.05, 4.69) is 9.97 Å². The van der Waals surface area contributed by atoms with Crippen LogP contribution in [-0.4, -0.2) is 26.8 Å². The fourth-order valence-corrected chi connectivity index (χ4v) is 5.04. The summed E-state index contributed by atoms with van der Waals surface area (Å²) in [7, 11) is 0. The highest BCUT2D eigenvalue weighted by Crippen LogP contribution is 2.44. The van der Waals surface area contributed by atoms with E-state index in [9.17, 15) is 14.7 Å². The number of hydrogen-bond acceptors (Lipinski definition) is 6. The number of thiazole rings is 1. The lowest BCUT2D eigenvalue weighted by Gasteiger charge is -2.22. The van der Waals surface area contributed by atoms with Crippen molar-refractivity contribution in [3.05, 3.63) is 93.7 Å². The van der Waals surface area contributed by atoms with Gasteiger partial charge in [0, 0.05) is 28.0 Å². The number of carbonyl (C=O) groups excluding carboxylic acids is 2. The quantitative estimate of drug-likeness (QED) is 0.233. The molecule has 5 rings (SSSR count). The van der Waals surface area contributed by atoms with Crippen LogP contribution in [0.1, 0.15) is 17.2 Å². The number of aromatic nitrogens is 2. The number of nitrogens with zero attached hydrogens (tertiary/aromatic N) is 3. The van der Waals surface area contributed by atoms with Crippen LogP contribution >= 0.6 is 34.5 Å². The minimum absolute atomic E-state index is 0.0270. The van der Waals surface area contributed by atoms with E-state index in [1.807, 2.05) is 0 Å². The predicted molar refractivity (Wildman–Crippen MR) is 125 cm³/mol. The van der Waals surface area contributed by atoms with Crippen molar-refractivity contribution in [1.82, 2.24) is 9.97 Å². The topological polar surface area (TPSA) is 83.4 Å². The number of halogens is 2. The molecule has 1 N–H and O–H groups in total. The van der Waals surface area contributed by atoms with E-state index in [0.717, 1.165) is 4.70 Å². The van der Waals surface area contributed by atoms with Crippen molar-refractivity contribution in [3.8, 4) is 0 Å². The fourth-order valence-electron chi connectivity index (χ4n) is 3.64. The van der Waals surface area contributed by atoms with E-state index < -0.39 is 17.7 Å². The molecular weight excluding hydrogens is 469 g/mol. The van der Waals surface area contributed by atoms with Gasteiger partial charge in [-0.1, -0.05) is 34.5 Å². The Morgan fingerprint density at radius 2 is 1.66 bits per heavy atom. The number of fused-ring (bicyclic) bond motifs is 1. The Balaban J connectivity index is 1.72. The number of carbonyl (C=O) groups is 2. The SMILES string of the molecule is O=C1C(=O)N(c2nc3ccc(Cl)cc3s2)C(c2ccncc2)/C1=C(\O)c1ccc(Cl)cc1. The molecule has 1 fully saturated rings. The molecule has 3 heterocycles. The number of aliphatic hydroxyl groups is 1. The van der Waals surface area contributed by atoms with Gasteiger partial charge in [-0.05, 0) is 60.2 Å². The minimum atomic E-state index is -0.871. The summed E-state index contributed by atoms with van der Waals surface area (Å²) in [5.74, 6) is -1.85.